The lowest BCUT2D eigenvalue weighted by molar-refractivity contribution is -0.151. The number of Topliss-reactive ketones (excluding diaryl/α,β-unsaturated/α-hetero) is 1. The SMILES string of the molecule is CCOC(=O)C1C=C(c2ccccc2)C2CCCCC2C1=O. The third-order valence-electron chi connectivity index (χ3n) is 4.83. The highest BCUT2D eigenvalue weighted by molar-refractivity contribution is 6.06. The molecule has 116 valence electrons. The summed E-state index contributed by atoms with van der Waals surface area (Å²) in [4.78, 5) is 24.9. The van der Waals surface area contributed by atoms with Crippen LogP contribution in [0.2, 0.25) is 0 Å². The van der Waals surface area contributed by atoms with Crippen molar-refractivity contribution in [1.29, 1.82) is 0 Å². The Balaban J connectivity index is 2.01. The van der Waals surface area contributed by atoms with Crippen molar-refractivity contribution in [3.8, 4) is 0 Å². The van der Waals surface area contributed by atoms with Gasteiger partial charge in [0, 0.05) is 5.92 Å². The number of esters is 1. The molecule has 0 radical (unpaired) electrons. The molecule has 0 aliphatic heterocycles. The summed E-state index contributed by atoms with van der Waals surface area (Å²) in [5, 5.41) is 0. The molecule has 2 aliphatic carbocycles. The van der Waals surface area contributed by atoms with Gasteiger partial charge in [-0.15, -0.1) is 0 Å². The molecule has 22 heavy (non-hydrogen) atoms. The first kappa shape index (κ1) is 15.0. The van der Waals surface area contributed by atoms with Crippen molar-refractivity contribution in [3.05, 3.63) is 42.0 Å². The Morgan fingerprint density at radius 3 is 2.50 bits per heavy atom. The van der Waals surface area contributed by atoms with Gasteiger partial charge in [-0.3, -0.25) is 9.59 Å². The van der Waals surface area contributed by atoms with Crippen molar-refractivity contribution in [2.45, 2.75) is 32.6 Å². The molecule has 0 saturated heterocycles. The van der Waals surface area contributed by atoms with Crippen LogP contribution in [-0.4, -0.2) is 18.4 Å². The number of fused-ring (bicyclic) bond motifs is 1. The summed E-state index contributed by atoms with van der Waals surface area (Å²) >= 11 is 0. The maximum absolute atomic E-state index is 12.7. The third-order valence-corrected chi connectivity index (χ3v) is 4.83. The standard InChI is InChI=1S/C19H22O3/c1-2-22-19(21)17-12-16(13-8-4-3-5-9-13)14-10-6-7-11-15(14)18(17)20/h3-5,8-9,12,14-15,17H,2,6-7,10-11H2,1H3. The Labute approximate surface area is 131 Å². The zero-order chi connectivity index (χ0) is 15.5. The molecule has 3 rings (SSSR count). The van der Waals surface area contributed by atoms with Crippen LogP contribution in [0, 0.1) is 17.8 Å². The second-order valence-electron chi connectivity index (χ2n) is 6.12. The molecule has 1 saturated carbocycles. The molecular weight excluding hydrogens is 276 g/mol. The molecule has 3 unspecified atom stereocenters. The number of benzene rings is 1. The van der Waals surface area contributed by atoms with Crippen LogP contribution in [-0.2, 0) is 14.3 Å². The first-order valence-electron chi connectivity index (χ1n) is 8.20. The van der Waals surface area contributed by atoms with Gasteiger partial charge in [0.25, 0.3) is 0 Å². The molecule has 3 heteroatoms. The van der Waals surface area contributed by atoms with E-state index in [0.717, 1.165) is 36.8 Å². The van der Waals surface area contributed by atoms with Gasteiger partial charge in [-0.05, 0) is 36.8 Å². The monoisotopic (exact) mass is 298 g/mol. The van der Waals surface area contributed by atoms with Gasteiger partial charge in [0.05, 0.1) is 6.61 Å². The number of hydrogen-bond acceptors (Lipinski definition) is 3. The average Bonchev–Trinajstić information content (AvgIpc) is 2.56. The number of allylic oxidation sites excluding steroid dienone is 1. The van der Waals surface area contributed by atoms with Crippen molar-refractivity contribution in [2.24, 2.45) is 17.8 Å². The lowest BCUT2D eigenvalue weighted by atomic mass is 9.65. The lowest BCUT2D eigenvalue weighted by Gasteiger charge is -2.37. The van der Waals surface area contributed by atoms with Crippen LogP contribution in [0.4, 0.5) is 0 Å². The molecule has 3 nitrogen and oxygen atoms in total. The molecule has 2 aliphatic rings. The number of rotatable bonds is 3. The molecule has 1 aromatic carbocycles. The van der Waals surface area contributed by atoms with Gasteiger partial charge in [0.2, 0.25) is 0 Å². The van der Waals surface area contributed by atoms with Crippen molar-refractivity contribution in [3.63, 3.8) is 0 Å². The minimum Gasteiger partial charge on any atom is -0.465 e. The molecular formula is C19H22O3. The maximum atomic E-state index is 12.7. The summed E-state index contributed by atoms with van der Waals surface area (Å²) in [5.74, 6) is -0.833. The zero-order valence-corrected chi connectivity index (χ0v) is 13.0. The van der Waals surface area contributed by atoms with Gasteiger partial charge in [-0.2, -0.15) is 0 Å². The smallest absolute Gasteiger partial charge is 0.320 e. The number of carbonyl (C=O) groups is 2. The summed E-state index contributed by atoms with van der Waals surface area (Å²) in [6, 6.07) is 10.1. The number of hydrogen-bond donors (Lipinski definition) is 0. The fourth-order valence-corrected chi connectivity index (χ4v) is 3.82. The molecule has 1 aromatic rings. The highest BCUT2D eigenvalue weighted by Crippen LogP contribution is 2.45. The van der Waals surface area contributed by atoms with Crippen LogP contribution < -0.4 is 0 Å². The number of carbonyl (C=O) groups excluding carboxylic acids is 2. The zero-order valence-electron chi connectivity index (χ0n) is 13.0. The normalized spacial score (nSPS) is 27.8. The molecule has 0 N–H and O–H groups in total. The van der Waals surface area contributed by atoms with Crippen LogP contribution in [0.25, 0.3) is 5.57 Å². The van der Waals surface area contributed by atoms with E-state index in [1.807, 2.05) is 24.3 Å². The molecule has 0 aromatic heterocycles. The quantitative estimate of drug-likeness (QED) is 0.632. The Bertz CT molecular complexity index is 588. The highest BCUT2D eigenvalue weighted by Gasteiger charge is 2.43. The third kappa shape index (κ3) is 2.72. The van der Waals surface area contributed by atoms with Crippen molar-refractivity contribution in [2.75, 3.05) is 6.61 Å². The minimum atomic E-state index is -0.727. The Kier molecular flexibility index (Phi) is 4.41. The van der Waals surface area contributed by atoms with E-state index in [1.54, 1.807) is 6.92 Å². The van der Waals surface area contributed by atoms with Crippen molar-refractivity contribution >= 4 is 17.3 Å². The largest absolute Gasteiger partial charge is 0.465 e. The van der Waals surface area contributed by atoms with Crippen LogP contribution in [0.1, 0.15) is 38.2 Å². The summed E-state index contributed by atoms with van der Waals surface area (Å²) in [5.41, 5.74) is 2.28. The van der Waals surface area contributed by atoms with Crippen LogP contribution in [0.15, 0.2) is 36.4 Å². The van der Waals surface area contributed by atoms with Gasteiger partial charge in [0.1, 0.15) is 5.92 Å². The summed E-state index contributed by atoms with van der Waals surface area (Å²) < 4.78 is 5.11. The van der Waals surface area contributed by atoms with Crippen molar-refractivity contribution in [1.82, 2.24) is 0 Å². The molecule has 0 bridgehead atoms. The van der Waals surface area contributed by atoms with E-state index in [4.69, 9.17) is 4.74 Å². The van der Waals surface area contributed by atoms with E-state index in [1.165, 1.54) is 0 Å². The van der Waals surface area contributed by atoms with E-state index in [0.29, 0.717) is 6.61 Å². The fourth-order valence-electron chi connectivity index (χ4n) is 3.82. The summed E-state index contributed by atoms with van der Waals surface area (Å²) in [7, 11) is 0. The van der Waals surface area contributed by atoms with E-state index in [9.17, 15) is 9.59 Å². The van der Waals surface area contributed by atoms with Crippen LogP contribution in [0.3, 0.4) is 0 Å². The van der Waals surface area contributed by atoms with Crippen LogP contribution >= 0.6 is 0 Å². The first-order valence-corrected chi connectivity index (χ1v) is 8.20. The molecule has 1 fully saturated rings. The Morgan fingerprint density at radius 2 is 1.82 bits per heavy atom. The number of ketones is 1. The fraction of sp³-hybridized carbons (Fsp3) is 0.474. The molecule has 3 atom stereocenters. The van der Waals surface area contributed by atoms with Crippen LogP contribution in [0.5, 0.6) is 0 Å². The van der Waals surface area contributed by atoms with E-state index in [-0.39, 0.29) is 17.6 Å². The van der Waals surface area contributed by atoms with E-state index < -0.39 is 11.9 Å². The maximum Gasteiger partial charge on any atom is 0.320 e. The Morgan fingerprint density at radius 1 is 1.14 bits per heavy atom. The topological polar surface area (TPSA) is 43.4 Å². The highest BCUT2D eigenvalue weighted by atomic mass is 16.5. The molecule has 0 spiro atoms. The number of ether oxygens (including phenoxy) is 1. The van der Waals surface area contributed by atoms with Gasteiger partial charge in [-0.1, -0.05) is 49.2 Å². The summed E-state index contributed by atoms with van der Waals surface area (Å²) in [6.07, 6.45) is 6.02. The van der Waals surface area contributed by atoms with Gasteiger partial charge in [-0.25, -0.2) is 0 Å². The Hall–Kier alpha value is -1.90. The minimum absolute atomic E-state index is 0.0247. The molecule has 0 amide bonds. The van der Waals surface area contributed by atoms with E-state index >= 15 is 0 Å². The average molecular weight is 298 g/mol. The second-order valence-corrected chi connectivity index (χ2v) is 6.12. The second kappa shape index (κ2) is 6.47. The van der Waals surface area contributed by atoms with Gasteiger partial charge >= 0.3 is 5.97 Å². The molecule has 0 heterocycles. The predicted octanol–water partition coefficient (Wildman–Crippen LogP) is 3.64. The van der Waals surface area contributed by atoms with Crippen molar-refractivity contribution < 1.29 is 14.3 Å². The first-order chi connectivity index (χ1) is 10.7. The summed E-state index contributed by atoms with van der Waals surface area (Å²) in [6.45, 7) is 2.08. The van der Waals surface area contributed by atoms with E-state index in [2.05, 4.69) is 12.1 Å². The van der Waals surface area contributed by atoms with Gasteiger partial charge in [0.15, 0.2) is 5.78 Å². The lowest BCUT2D eigenvalue weighted by Crippen LogP contribution is -2.39. The predicted molar refractivity (Wildman–Crippen MR) is 85.0 cm³/mol. The van der Waals surface area contributed by atoms with Gasteiger partial charge < -0.3 is 4.74 Å².